The summed E-state index contributed by atoms with van der Waals surface area (Å²) in [5.74, 6) is -0.00220. The summed E-state index contributed by atoms with van der Waals surface area (Å²) >= 11 is 0. The van der Waals surface area contributed by atoms with Crippen molar-refractivity contribution < 1.29 is 13.2 Å². The van der Waals surface area contributed by atoms with Gasteiger partial charge in [-0.05, 0) is 24.9 Å². The molecule has 0 radical (unpaired) electrons. The second kappa shape index (κ2) is 8.78. The van der Waals surface area contributed by atoms with Crippen LogP contribution in [0.25, 0.3) is 0 Å². The van der Waals surface area contributed by atoms with Gasteiger partial charge in [-0.15, -0.1) is 0 Å². The molecule has 2 rings (SSSR count). The van der Waals surface area contributed by atoms with Gasteiger partial charge in [0.25, 0.3) is 0 Å². The van der Waals surface area contributed by atoms with E-state index in [0.29, 0.717) is 25.1 Å². The number of nitrogens with one attached hydrogen (secondary N) is 1. The van der Waals surface area contributed by atoms with E-state index in [9.17, 15) is 13.2 Å². The summed E-state index contributed by atoms with van der Waals surface area (Å²) < 4.78 is 27.7. The number of rotatable bonds is 7. The third kappa shape index (κ3) is 6.41. The molecule has 1 heterocycles. The van der Waals surface area contributed by atoms with Crippen LogP contribution in [-0.2, 0) is 20.6 Å². The van der Waals surface area contributed by atoms with Gasteiger partial charge in [0.1, 0.15) is 6.04 Å². The van der Waals surface area contributed by atoms with Gasteiger partial charge in [0.05, 0.1) is 5.75 Å². The Morgan fingerprint density at radius 2 is 1.72 bits per heavy atom. The average Bonchev–Trinajstić information content (AvgIpc) is 2.54. The highest BCUT2D eigenvalue weighted by Crippen LogP contribution is 2.13. The Morgan fingerprint density at radius 1 is 1.12 bits per heavy atom. The Kier molecular flexibility index (Phi) is 6.98. The van der Waals surface area contributed by atoms with Crippen molar-refractivity contribution in [3.63, 3.8) is 0 Å². The van der Waals surface area contributed by atoms with Gasteiger partial charge in [-0.1, -0.05) is 44.2 Å². The first-order valence-corrected chi connectivity index (χ1v) is 10.4. The van der Waals surface area contributed by atoms with Crippen molar-refractivity contribution in [2.24, 2.45) is 5.92 Å². The summed E-state index contributed by atoms with van der Waals surface area (Å²) in [5, 5.41) is 0. The number of sulfonamides is 1. The van der Waals surface area contributed by atoms with Crippen molar-refractivity contribution in [2.45, 2.75) is 32.1 Å². The molecule has 0 aromatic heterocycles. The lowest BCUT2D eigenvalue weighted by atomic mass is 10.0. The lowest BCUT2D eigenvalue weighted by Crippen LogP contribution is -2.54. The molecule has 0 saturated carbocycles. The highest BCUT2D eigenvalue weighted by Gasteiger charge is 2.30. The Labute approximate surface area is 151 Å². The van der Waals surface area contributed by atoms with Gasteiger partial charge in [0, 0.05) is 26.2 Å². The highest BCUT2D eigenvalue weighted by atomic mass is 32.2. The Balaban J connectivity index is 2.07. The molecule has 1 aliphatic rings. The Bertz CT molecular complexity index is 653. The molecular formula is C18H29N3O3S. The molecule has 1 fully saturated rings. The van der Waals surface area contributed by atoms with Crippen LogP contribution in [0.15, 0.2) is 30.3 Å². The summed E-state index contributed by atoms with van der Waals surface area (Å²) in [4.78, 5) is 16.8. The number of piperazine rings is 1. The van der Waals surface area contributed by atoms with Crippen LogP contribution in [-0.4, -0.2) is 63.4 Å². The maximum Gasteiger partial charge on any atom is 0.240 e. The van der Waals surface area contributed by atoms with Gasteiger partial charge in [0.2, 0.25) is 15.9 Å². The van der Waals surface area contributed by atoms with E-state index in [2.05, 4.69) is 9.62 Å². The number of amides is 1. The van der Waals surface area contributed by atoms with E-state index >= 15 is 0 Å². The molecule has 0 spiro atoms. The molecule has 0 aliphatic carbocycles. The second-order valence-corrected chi connectivity index (χ2v) is 8.93. The molecule has 1 atom stereocenters. The van der Waals surface area contributed by atoms with Crippen LogP contribution < -0.4 is 4.72 Å². The average molecular weight is 368 g/mol. The molecule has 1 saturated heterocycles. The topological polar surface area (TPSA) is 69.7 Å². The van der Waals surface area contributed by atoms with Gasteiger partial charge in [0.15, 0.2) is 0 Å². The van der Waals surface area contributed by atoms with E-state index in [1.54, 1.807) is 17.0 Å². The third-order valence-electron chi connectivity index (χ3n) is 4.34. The first kappa shape index (κ1) is 19.9. The van der Waals surface area contributed by atoms with Crippen LogP contribution in [0, 0.1) is 5.92 Å². The molecule has 1 amide bonds. The molecule has 1 aromatic carbocycles. The van der Waals surface area contributed by atoms with Crippen LogP contribution >= 0.6 is 0 Å². The van der Waals surface area contributed by atoms with Crippen LogP contribution in [0.5, 0.6) is 0 Å². The molecule has 1 N–H and O–H groups in total. The summed E-state index contributed by atoms with van der Waals surface area (Å²) in [6.07, 6.45) is 0.499. The van der Waals surface area contributed by atoms with E-state index in [4.69, 9.17) is 0 Å². The number of carbonyl (C=O) groups excluding carboxylic acids is 1. The zero-order valence-electron chi connectivity index (χ0n) is 15.3. The Morgan fingerprint density at radius 3 is 2.28 bits per heavy atom. The van der Waals surface area contributed by atoms with E-state index in [0.717, 1.165) is 13.1 Å². The minimum atomic E-state index is -3.58. The molecule has 140 valence electrons. The minimum Gasteiger partial charge on any atom is -0.339 e. The molecule has 25 heavy (non-hydrogen) atoms. The molecule has 1 aliphatic heterocycles. The quantitative estimate of drug-likeness (QED) is 0.789. The van der Waals surface area contributed by atoms with Crippen molar-refractivity contribution in [1.29, 1.82) is 0 Å². The summed E-state index contributed by atoms with van der Waals surface area (Å²) in [5.41, 5.74) is 0.713. The summed E-state index contributed by atoms with van der Waals surface area (Å²) in [6, 6.07) is 8.33. The maximum atomic E-state index is 12.9. The van der Waals surface area contributed by atoms with Gasteiger partial charge < -0.3 is 9.80 Å². The predicted octanol–water partition coefficient (Wildman–Crippen LogP) is 1.29. The standard InChI is InChI=1S/C18H29N3O3S/c1-15(2)13-17(18(22)21-11-9-20(3)10-12-21)19-25(23,24)14-16-7-5-4-6-8-16/h4-8,15,17,19H,9-14H2,1-3H3/t17-/m1/s1. The van der Waals surface area contributed by atoms with Crippen LogP contribution in [0.4, 0.5) is 0 Å². The molecule has 0 unspecified atom stereocenters. The molecule has 6 nitrogen and oxygen atoms in total. The van der Waals surface area contributed by atoms with E-state index < -0.39 is 16.1 Å². The lowest BCUT2D eigenvalue weighted by Gasteiger charge is -2.35. The van der Waals surface area contributed by atoms with Gasteiger partial charge >= 0.3 is 0 Å². The van der Waals surface area contributed by atoms with E-state index in [1.807, 2.05) is 39.1 Å². The van der Waals surface area contributed by atoms with Crippen LogP contribution in [0.3, 0.4) is 0 Å². The number of likely N-dealkylation sites (N-methyl/N-ethyl adjacent to an activating group) is 1. The van der Waals surface area contributed by atoms with Crippen LogP contribution in [0.2, 0.25) is 0 Å². The number of carbonyl (C=O) groups is 1. The SMILES string of the molecule is CC(C)C[C@@H](NS(=O)(=O)Cc1ccccc1)C(=O)N1CCN(C)CC1. The summed E-state index contributed by atoms with van der Waals surface area (Å²) in [7, 11) is -1.56. The fraction of sp³-hybridized carbons (Fsp3) is 0.611. The van der Waals surface area contributed by atoms with Gasteiger partial charge in [-0.2, -0.15) is 0 Å². The number of nitrogens with zero attached hydrogens (tertiary/aromatic N) is 2. The number of benzene rings is 1. The van der Waals surface area contributed by atoms with Gasteiger partial charge in [-0.25, -0.2) is 13.1 Å². The Hall–Kier alpha value is -1.44. The van der Waals surface area contributed by atoms with Crippen molar-refractivity contribution >= 4 is 15.9 Å². The maximum absolute atomic E-state index is 12.9. The van der Waals surface area contributed by atoms with Crippen molar-refractivity contribution in [3.8, 4) is 0 Å². The molecular weight excluding hydrogens is 338 g/mol. The van der Waals surface area contributed by atoms with Gasteiger partial charge in [-0.3, -0.25) is 4.79 Å². The fourth-order valence-corrected chi connectivity index (χ4v) is 4.32. The molecule has 7 heteroatoms. The summed E-state index contributed by atoms with van der Waals surface area (Å²) in [6.45, 7) is 6.91. The van der Waals surface area contributed by atoms with Crippen molar-refractivity contribution in [1.82, 2.24) is 14.5 Å². The molecule has 1 aromatic rings. The normalized spacial score (nSPS) is 17.7. The number of hydrogen-bond acceptors (Lipinski definition) is 4. The molecule has 0 bridgehead atoms. The zero-order chi connectivity index (χ0) is 18.4. The first-order chi connectivity index (χ1) is 11.8. The third-order valence-corrected chi connectivity index (χ3v) is 5.70. The van der Waals surface area contributed by atoms with Crippen LogP contribution in [0.1, 0.15) is 25.8 Å². The fourth-order valence-electron chi connectivity index (χ4n) is 2.97. The van der Waals surface area contributed by atoms with E-state index in [-0.39, 0.29) is 17.6 Å². The lowest BCUT2D eigenvalue weighted by molar-refractivity contribution is -0.135. The second-order valence-electron chi connectivity index (χ2n) is 7.17. The first-order valence-electron chi connectivity index (χ1n) is 8.78. The highest BCUT2D eigenvalue weighted by molar-refractivity contribution is 7.88. The van der Waals surface area contributed by atoms with E-state index in [1.165, 1.54) is 0 Å². The van der Waals surface area contributed by atoms with Crippen molar-refractivity contribution in [3.05, 3.63) is 35.9 Å². The number of hydrogen-bond donors (Lipinski definition) is 1. The monoisotopic (exact) mass is 367 g/mol. The minimum absolute atomic E-state index is 0.113. The van der Waals surface area contributed by atoms with Crippen molar-refractivity contribution in [2.75, 3.05) is 33.2 Å². The zero-order valence-corrected chi connectivity index (χ0v) is 16.1. The predicted molar refractivity (Wildman–Crippen MR) is 99.5 cm³/mol. The largest absolute Gasteiger partial charge is 0.339 e. The smallest absolute Gasteiger partial charge is 0.240 e.